The highest BCUT2D eigenvalue weighted by molar-refractivity contribution is 5.22. The molecule has 1 fully saturated rings. The predicted octanol–water partition coefficient (Wildman–Crippen LogP) is 4.11. The molecule has 168 valence electrons. The quantitative estimate of drug-likeness (QED) is 0.568. The molecule has 0 aliphatic heterocycles. The molecule has 5 nitrogen and oxygen atoms in total. The highest BCUT2D eigenvalue weighted by Gasteiger charge is 2.37. The Balaban J connectivity index is 1.43. The molecule has 0 saturated heterocycles. The van der Waals surface area contributed by atoms with Gasteiger partial charge in [-0.25, -0.2) is 13.2 Å². The maximum absolute atomic E-state index is 13.2. The molecule has 4 rings (SSSR count). The Labute approximate surface area is 184 Å². The van der Waals surface area contributed by atoms with Crippen LogP contribution in [0.4, 0.5) is 13.2 Å². The SMILES string of the molecule is O[C@@H]1[C@@H](CN(Cc2ccc(F)cn2)Cc2ccc(F)cn2)CC[C@H]1Oc1ccc(F)cc1. The summed E-state index contributed by atoms with van der Waals surface area (Å²) >= 11 is 0. The van der Waals surface area contributed by atoms with Crippen molar-refractivity contribution < 1.29 is 23.0 Å². The molecular formula is C24H24F3N3O2. The van der Waals surface area contributed by atoms with Gasteiger partial charge in [0.25, 0.3) is 0 Å². The standard InChI is InChI=1S/C24H24F3N3O2/c25-17-4-8-22(9-5-17)32-23-10-1-16(24(23)31)13-30(14-20-6-2-18(26)11-28-20)15-21-7-3-19(27)12-29-21/h2-9,11-12,16,23-24,31H,1,10,13-15H2/t16-,23-,24-/m1/s1. The Morgan fingerprint density at radius 3 is 1.91 bits per heavy atom. The molecular weight excluding hydrogens is 419 g/mol. The Kier molecular flexibility index (Phi) is 7.02. The first-order valence-corrected chi connectivity index (χ1v) is 10.5. The van der Waals surface area contributed by atoms with Crippen molar-refractivity contribution in [3.63, 3.8) is 0 Å². The second-order valence-electron chi connectivity index (χ2n) is 8.04. The van der Waals surface area contributed by atoms with Gasteiger partial charge in [-0.15, -0.1) is 0 Å². The summed E-state index contributed by atoms with van der Waals surface area (Å²) in [6.45, 7) is 1.38. The first kappa shape index (κ1) is 22.2. The molecule has 1 saturated carbocycles. The van der Waals surface area contributed by atoms with E-state index >= 15 is 0 Å². The van der Waals surface area contributed by atoms with Crippen LogP contribution in [0.15, 0.2) is 60.9 Å². The van der Waals surface area contributed by atoms with Crippen molar-refractivity contribution in [3.05, 3.63) is 89.8 Å². The van der Waals surface area contributed by atoms with Gasteiger partial charge >= 0.3 is 0 Å². The summed E-state index contributed by atoms with van der Waals surface area (Å²) in [5.74, 6) is -0.720. The minimum Gasteiger partial charge on any atom is -0.488 e. The van der Waals surface area contributed by atoms with Crippen LogP contribution in [0.2, 0.25) is 0 Å². The minimum atomic E-state index is -0.704. The second-order valence-corrected chi connectivity index (χ2v) is 8.04. The molecule has 1 aliphatic carbocycles. The maximum atomic E-state index is 13.2. The molecule has 3 aromatic rings. The molecule has 0 amide bonds. The lowest BCUT2D eigenvalue weighted by Gasteiger charge is -2.27. The van der Waals surface area contributed by atoms with Gasteiger partial charge < -0.3 is 9.84 Å². The zero-order chi connectivity index (χ0) is 22.5. The van der Waals surface area contributed by atoms with E-state index in [0.717, 1.165) is 6.42 Å². The van der Waals surface area contributed by atoms with E-state index < -0.39 is 17.7 Å². The largest absolute Gasteiger partial charge is 0.488 e. The van der Waals surface area contributed by atoms with Crippen LogP contribution in [0.25, 0.3) is 0 Å². The van der Waals surface area contributed by atoms with Gasteiger partial charge in [-0.1, -0.05) is 0 Å². The number of pyridine rings is 2. The number of ether oxygens (including phenoxy) is 1. The summed E-state index contributed by atoms with van der Waals surface area (Å²) in [4.78, 5) is 10.3. The van der Waals surface area contributed by atoms with Crippen molar-refractivity contribution in [2.24, 2.45) is 5.92 Å². The molecule has 0 spiro atoms. The minimum absolute atomic E-state index is 0.0682. The first-order chi connectivity index (χ1) is 15.5. The van der Waals surface area contributed by atoms with E-state index in [-0.39, 0.29) is 17.8 Å². The van der Waals surface area contributed by atoms with Crippen molar-refractivity contribution in [2.75, 3.05) is 6.54 Å². The lowest BCUT2D eigenvalue weighted by molar-refractivity contribution is 0.0227. The van der Waals surface area contributed by atoms with Crippen molar-refractivity contribution in [3.8, 4) is 5.75 Å². The van der Waals surface area contributed by atoms with Crippen LogP contribution in [0.5, 0.6) is 5.75 Å². The molecule has 0 bridgehead atoms. The van der Waals surface area contributed by atoms with Crippen LogP contribution < -0.4 is 4.74 Å². The summed E-state index contributed by atoms with van der Waals surface area (Å²) in [5.41, 5.74) is 1.36. The average molecular weight is 443 g/mol. The summed E-state index contributed by atoms with van der Waals surface area (Å²) in [6, 6.07) is 11.7. The van der Waals surface area contributed by atoms with Crippen LogP contribution in [-0.2, 0) is 13.1 Å². The predicted molar refractivity (Wildman–Crippen MR) is 112 cm³/mol. The number of halogens is 3. The summed E-state index contributed by atoms with van der Waals surface area (Å²) in [5, 5.41) is 10.9. The van der Waals surface area contributed by atoms with Crippen LogP contribution in [0.1, 0.15) is 24.2 Å². The fraction of sp³-hybridized carbons (Fsp3) is 0.333. The summed E-state index contributed by atoms with van der Waals surface area (Å²) < 4.78 is 45.5. The molecule has 32 heavy (non-hydrogen) atoms. The molecule has 3 atom stereocenters. The van der Waals surface area contributed by atoms with E-state index in [9.17, 15) is 18.3 Å². The van der Waals surface area contributed by atoms with Gasteiger partial charge in [-0.2, -0.15) is 0 Å². The maximum Gasteiger partial charge on any atom is 0.141 e. The number of aromatic nitrogens is 2. The Bertz CT molecular complexity index is 953. The van der Waals surface area contributed by atoms with E-state index in [1.807, 2.05) is 0 Å². The van der Waals surface area contributed by atoms with E-state index in [1.165, 1.54) is 36.7 Å². The molecule has 8 heteroatoms. The van der Waals surface area contributed by atoms with Gasteiger partial charge in [0.05, 0.1) is 29.9 Å². The lowest BCUT2D eigenvalue weighted by atomic mass is 10.0. The number of hydrogen-bond acceptors (Lipinski definition) is 5. The first-order valence-electron chi connectivity index (χ1n) is 10.5. The van der Waals surface area contributed by atoms with Crippen molar-refractivity contribution in [1.29, 1.82) is 0 Å². The number of nitrogens with zero attached hydrogens (tertiary/aromatic N) is 3. The van der Waals surface area contributed by atoms with E-state index in [0.29, 0.717) is 43.2 Å². The Morgan fingerprint density at radius 1 is 0.812 bits per heavy atom. The lowest BCUT2D eigenvalue weighted by Crippen LogP contribution is -2.37. The number of rotatable bonds is 8. The van der Waals surface area contributed by atoms with E-state index in [1.54, 1.807) is 24.3 Å². The van der Waals surface area contributed by atoms with E-state index in [2.05, 4.69) is 14.9 Å². The summed E-state index contributed by atoms with van der Waals surface area (Å²) in [7, 11) is 0. The average Bonchev–Trinajstić information content (AvgIpc) is 3.12. The highest BCUT2D eigenvalue weighted by Crippen LogP contribution is 2.31. The normalized spacial score (nSPS) is 20.6. The third-order valence-electron chi connectivity index (χ3n) is 5.63. The zero-order valence-electron chi connectivity index (χ0n) is 17.4. The van der Waals surface area contributed by atoms with Gasteiger partial charge in [-0.05, 0) is 61.4 Å². The Hall–Kier alpha value is -2.97. The zero-order valence-corrected chi connectivity index (χ0v) is 17.4. The van der Waals surface area contributed by atoms with Crippen LogP contribution >= 0.6 is 0 Å². The smallest absolute Gasteiger partial charge is 0.141 e. The fourth-order valence-corrected chi connectivity index (χ4v) is 4.01. The van der Waals surface area contributed by atoms with Crippen LogP contribution in [0.3, 0.4) is 0 Å². The summed E-state index contributed by atoms with van der Waals surface area (Å²) in [6.07, 6.45) is 2.66. The molecule has 1 aliphatic rings. The fourth-order valence-electron chi connectivity index (χ4n) is 4.01. The third kappa shape index (κ3) is 5.83. The Morgan fingerprint density at radius 2 is 1.38 bits per heavy atom. The molecule has 1 aromatic carbocycles. The third-order valence-corrected chi connectivity index (χ3v) is 5.63. The van der Waals surface area contributed by atoms with Crippen molar-refractivity contribution >= 4 is 0 Å². The highest BCUT2D eigenvalue weighted by atomic mass is 19.1. The van der Waals surface area contributed by atoms with Gasteiger partial charge in [0.2, 0.25) is 0 Å². The second kappa shape index (κ2) is 10.1. The topological polar surface area (TPSA) is 58.5 Å². The number of hydrogen-bond donors (Lipinski definition) is 1. The van der Waals surface area contributed by atoms with Crippen molar-refractivity contribution in [1.82, 2.24) is 14.9 Å². The molecule has 2 aromatic heterocycles. The molecule has 0 radical (unpaired) electrons. The van der Waals surface area contributed by atoms with E-state index in [4.69, 9.17) is 4.74 Å². The van der Waals surface area contributed by atoms with Gasteiger partial charge in [-0.3, -0.25) is 14.9 Å². The molecule has 2 heterocycles. The number of benzene rings is 1. The van der Waals surface area contributed by atoms with Gasteiger partial charge in [0, 0.05) is 25.6 Å². The van der Waals surface area contributed by atoms with Crippen molar-refractivity contribution in [2.45, 2.75) is 38.1 Å². The number of aliphatic hydroxyl groups is 1. The van der Waals surface area contributed by atoms with Crippen LogP contribution in [-0.4, -0.2) is 38.7 Å². The van der Waals surface area contributed by atoms with Gasteiger partial charge in [0.1, 0.15) is 29.3 Å². The monoisotopic (exact) mass is 443 g/mol. The molecule has 1 N–H and O–H groups in total. The number of aliphatic hydroxyl groups excluding tert-OH is 1. The molecule has 0 unspecified atom stereocenters. The van der Waals surface area contributed by atoms with Crippen LogP contribution in [0, 0.1) is 23.4 Å². The van der Waals surface area contributed by atoms with Gasteiger partial charge in [0.15, 0.2) is 0 Å².